The SMILES string of the molecule is CC(C)(C)NC(=O)[C@H]1CC[C@H]2C3CCC4=C(C(=O)CCN4)C3=CC[C@]12C. The smallest absolute Gasteiger partial charge is 0.224 e. The van der Waals surface area contributed by atoms with Crippen LogP contribution in [0.1, 0.15) is 66.2 Å². The number of hydrogen-bond donors (Lipinski definition) is 2. The molecule has 4 rings (SSSR count). The minimum absolute atomic E-state index is 0.0205. The third-order valence-electron chi connectivity index (χ3n) is 7.14. The summed E-state index contributed by atoms with van der Waals surface area (Å²) in [4.78, 5) is 25.5. The van der Waals surface area contributed by atoms with Gasteiger partial charge in [0.1, 0.15) is 0 Å². The fourth-order valence-electron chi connectivity index (χ4n) is 6.00. The van der Waals surface area contributed by atoms with Crippen LogP contribution in [0.15, 0.2) is 22.9 Å². The topological polar surface area (TPSA) is 58.2 Å². The van der Waals surface area contributed by atoms with Crippen LogP contribution in [0.2, 0.25) is 0 Å². The van der Waals surface area contributed by atoms with Crippen molar-refractivity contribution in [1.29, 1.82) is 0 Å². The Hall–Kier alpha value is -1.58. The van der Waals surface area contributed by atoms with Gasteiger partial charge in [0, 0.05) is 35.7 Å². The molecule has 0 radical (unpaired) electrons. The number of Topliss-reactive ketones (excluding diaryl/α,β-unsaturated/α-hetero) is 1. The molecule has 1 unspecified atom stereocenters. The molecule has 1 saturated carbocycles. The van der Waals surface area contributed by atoms with Crippen molar-refractivity contribution in [2.45, 2.75) is 71.8 Å². The van der Waals surface area contributed by atoms with E-state index in [1.54, 1.807) is 0 Å². The molecule has 0 aromatic carbocycles. The van der Waals surface area contributed by atoms with Gasteiger partial charge in [-0.15, -0.1) is 0 Å². The predicted molar refractivity (Wildman–Crippen MR) is 102 cm³/mol. The van der Waals surface area contributed by atoms with Gasteiger partial charge in [-0.05, 0) is 75.7 Å². The summed E-state index contributed by atoms with van der Waals surface area (Å²) in [5.41, 5.74) is 3.30. The van der Waals surface area contributed by atoms with E-state index in [-0.39, 0.29) is 22.8 Å². The first-order valence-corrected chi connectivity index (χ1v) is 10.2. The Morgan fingerprint density at radius 1 is 1.23 bits per heavy atom. The van der Waals surface area contributed by atoms with Gasteiger partial charge in [-0.25, -0.2) is 0 Å². The minimum atomic E-state index is -0.189. The van der Waals surface area contributed by atoms with Gasteiger partial charge in [0.05, 0.1) is 0 Å². The summed E-state index contributed by atoms with van der Waals surface area (Å²) < 4.78 is 0. The van der Waals surface area contributed by atoms with E-state index >= 15 is 0 Å². The summed E-state index contributed by atoms with van der Waals surface area (Å²) in [6.45, 7) is 9.25. The highest BCUT2D eigenvalue weighted by atomic mass is 16.2. The van der Waals surface area contributed by atoms with E-state index in [4.69, 9.17) is 0 Å². The van der Waals surface area contributed by atoms with Crippen LogP contribution in [-0.2, 0) is 9.59 Å². The normalized spacial score (nSPS) is 36.5. The number of rotatable bonds is 1. The fourth-order valence-corrected chi connectivity index (χ4v) is 6.00. The molecule has 0 aromatic rings. The van der Waals surface area contributed by atoms with Crippen molar-refractivity contribution in [2.24, 2.45) is 23.2 Å². The maximum Gasteiger partial charge on any atom is 0.224 e. The van der Waals surface area contributed by atoms with Crippen molar-refractivity contribution in [2.75, 3.05) is 6.54 Å². The number of ketones is 1. The van der Waals surface area contributed by atoms with E-state index in [0.717, 1.165) is 44.2 Å². The van der Waals surface area contributed by atoms with Crippen LogP contribution in [0.25, 0.3) is 0 Å². The average molecular weight is 357 g/mol. The summed E-state index contributed by atoms with van der Waals surface area (Å²) >= 11 is 0. The number of fused-ring (bicyclic) bond motifs is 4. The van der Waals surface area contributed by atoms with Crippen molar-refractivity contribution >= 4 is 11.7 Å². The van der Waals surface area contributed by atoms with Gasteiger partial charge in [-0.2, -0.15) is 0 Å². The first kappa shape index (κ1) is 17.8. The molecule has 1 amide bonds. The molecule has 3 aliphatic carbocycles. The first-order chi connectivity index (χ1) is 12.2. The van der Waals surface area contributed by atoms with Crippen LogP contribution >= 0.6 is 0 Å². The Morgan fingerprint density at radius 2 is 2.00 bits per heavy atom. The first-order valence-electron chi connectivity index (χ1n) is 10.2. The lowest BCUT2D eigenvalue weighted by Gasteiger charge is -2.47. The molecule has 1 fully saturated rings. The molecule has 142 valence electrons. The Morgan fingerprint density at radius 3 is 2.73 bits per heavy atom. The lowest BCUT2D eigenvalue weighted by Crippen LogP contribution is -2.49. The van der Waals surface area contributed by atoms with E-state index < -0.39 is 0 Å². The third-order valence-corrected chi connectivity index (χ3v) is 7.14. The van der Waals surface area contributed by atoms with E-state index in [0.29, 0.717) is 24.0 Å². The molecule has 26 heavy (non-hydrogen) atoms. The zero-order chi connectivity index (χ0) is 18.7. The van der Waals surface area contributed by atoms with Crippen LogP contribution in [-0.4, -0.2) is 23.8 Å². The Balaban J connectivity index is 1.64. The van der Waals surface area contributed by atoms with E-state index in [2.05, 4.69) is 44.4 Å². The highest BCUT2D eigenvalue weighted by Crippen LogP contribution is 2.60. The van der Waals surface area contributed by atoms with E-state index in [1.807, 2.05) is 0 Å². The maximum absolute atomic E-state index is 13.0. The average Bonchev–Trinajstić information content (AvgIpc) is 2.90. The van der Waals surface area contributed by atoms with Crippen LogP contribution < -0.4 is 10.6 Å². The molecule has 4 atom stereocenters. The molecule has 1 heterocycles. The monoisotopic (exact) mass is 356 g/mol. The Bertz CT molecular complexity index is 712. The lowest BCUT2D eigenvalue weighted by molar-refractivity contribution is -0.130. The molecule has 0 saturated heterocycles. The van der Waals surface area contributed by atoms with Crippen molar-refractivity contribution in [3.05, 3.63) is 22.9 Å². The number of nitrogens with one attached hydrogen (secondary N) is 2. The quantitative estimate of drug-likeness (QED) is 0.756. The van der Waals surface area contributed by atoms with Gasteiger partial charge in [-0.1, -0.05) is 13.0 Å². The van der Waals surface area contributed by atoms with Gasteiger partial charge in [0.15, 0.2) is 5.78 Å². The largest absolute Gasteiger partial charge is 0.387 e. The predicted octanol–water partition coefficient (Wildman–Crippen LogP) is 3.49. The molecule has 1 aliphatic heterocycles. The number of allylic oxidation sites excluding steroid dienone is 4. The maximum atomic E-state index is 13.0. The van der Waals surface area contributed by atoms with Crippen LogP contribution in [0.4, 0.5) is 0 Å². The lowest BCUT2D eigenvalue weighted by atomic mass is 9.58. The molecule has 4 nitrogen and oxygen atoms in total. The molecule has 4 aliphatic rings. The highest BCUT2D eigenvalue weighted by molar-refractivity contribution is 6.01. The number of amides is 1. The molecule has 0 aromatic heterocycles. The fraction of sp³-hybridized carbons (Fsp3) is 0.727. The van der Waals surface area contributed by atoms with E-state index in [1.165, 1.54) is 11.3 Å². The van der Waals surface area contributed by atoms with Crippen LogP contribution in [0, 0.1) is 23.2 Å². The van der Waals surface area contributed by atoms with Crippen molar-refractivity contribution in [3.8, 4) is 0 Å². The van der Waals surface area contributed by atoms with Crippen LogP contribution in [0.3, 0.4) is 0 Å². The van der Waals surface area contributed by atoms with Crippen molar-refractivity contribution < 1.29 is 9.59 Å². The zero-order valence-corrected chi connectivity index (χ0v) is 16.6. The standard InChI is InChI=1S/C22H32N2O2/c1-21(2,3)24-20(26)16-7-6-15-13-5-8-17-19(18(25)10-12-23-17)14(13)9-11-22(15,16)4/h9,13,15-16,23H,5-8,10-12H2,1-4H3,(H,24,26)/t13?,15-,16+,22-/m0/s1. The number of hydrogen-bond acceptors (Lipinski definition) is 3. The molecule has 4 heteroatoms. The highest BCUT2D eigenvalue weighted by Gasteiger charge is 2.55. The summed E-state index contributed by atoms with van der Waals surface area (Å²) in [6, 6.07) is 0. The molecular weight excluding hydrogens is 324 g/mol. The molecule has 2 N–H and O–H groups in total. The summed E-state index contributed by atoms with van der Waals surface area (Å²) in [6.07, 6.45) is 8.00. The van der Waals surface area contributed by atoms with Gasteiger partial charge in [-0.3, -0.25) is 9.59 Å². The van der Waals surface area contributed by atoms with Crippen LogP contribution in [0.5, 0.6) is 0 Å². The molecule has 0 spiro atoms. The van der Waals surface area contributed by atoms with E-state index in [9.17, 15) is 9.59 Å². The summed E-state index contributed by atoms with van der Waals surface area (Å²) in [5, 5.41) is 6.67. The number of carbonyl (C=O) groups excluding carboxylic acids is 2. The Kier molecular flexibility index (Phi) is 4.09. The van der Waals surface area contributed by atoms with Gasteiger partial charge >= 0.3 is 0 Å². The van der Waals surface area contributed by atoms with Gasteiger partial charge in [0.2, 0.25) is 5.91 Å². The zero-order valence-electron chi connectivity index (χ0n) is 16.6. The van der Waals surface area contributed by atoms with Gasteiger partial charge in [0.25, 0.3) is 0 Å². The minimum Gasteiger partial charge on any atom is -0.387 e. The van der Waals surface area contributed by atoms with Crippen molar-refractivity contribution in [1.82, 2.24) is 10.6 Å². The summed E-state index contributed by atoms with van der Waals surface area (Å²) in [7, 11) is 0. The molecular formula is C22H32N2O2. The molecule has 0 bridgehead atoms. The van der Waals surface area contributed by atoms with Crippen molar-refractivity contribution in [3.63, 3.8) is 0 Å². The third kappa shape index (κ3) is 2.73. The second-order valence-electron chi connectivity index (χ2n) is 9.94. The second-order valence-corrected chi connectivity index (χ2v) is 9.94. The second kappa shape index (κ2) is 5.97. The Labute approximate surface area is 156 Å². The summed E-state index contributed by atoms with van der Waals surface area (Å²) in [5.74, 6) is 1.58. The van der Waals surface area contributed by atoms with Gasteiger partial charge < -0.3 is 10.6 Å². The number of carbonyl (C=O) groups is 2.